The number of fused-ring (bicyclic) bond motifs is 2. The molecule has 0 radical (unpaired) electrons. The molecule has 166 valence electrons. The van der Waals surface area contributed by atoms with Crippen molar-refractivity contribution in [2.24, 2.45) is 0 Å². The topological polar surface area (TPSA) is 73.2 Å². The van der Waals surface area contributed by atoms with Gasteiger partial charge in [0.05, 0.1) is 20.3 Å². The molecule has 1 N–H and O–H groups in total. The third kappa shape index (κ3) is 3.53. The molecule has 0 atom stereocenters. The molecule has 1 saturated heterocycles. The zero-order valence-corrected chi connectivity index (χ0v) is 18.3. The second-order valence-electron chi connectivity index (χ2n) is 8.08. The van der Waals surface area contributed by atoms with E-state index in [0.717, 1.165) is 67.3 Å². The van der Waals surface area contributed by atoms with Gasteiger partial charge in [-0.2, -0.15) is 0 Å². The number of phenolic OH excluding ortho intramolecular Hbond substituents is 1. The number of Topliss-reactive ketones (excluding diaryl/α,β-unsaturated/α-hetero) is 1. The van der Waals surface area contributed by atoms with Crippen LogP contribution in [0.2, 0.25) is 0 Å². The number of methoxy groups -OCH3 is 1. The Morgan fingerprint density at radius 2 is 1.97 bits per heavy atom. The lowest BCUT2D eigenvalue weighted by Gasteiger charge is -2.27. The molecule has 0 amide bonds. The van der Waals surface area contributed by atoms with Gasteiger partial charge in [-0.25, -0.2) is 0 Å². The molecule has 3 aromatic rings. The van der Waals surface area contributed by atoms with Gasteiger partial charge in [0.1, 0.15) is 22.8 Å². The number of aromatic nitrogens is 1. The quantitative estimate of drug-likeness (QED) is 0.619. The minimum Gasteiger partial charge on any atom is -0.507 e. The molecule has 5 rings (SSSR count). The fraction of sp³-hybridized carbons (Fsp3) is 0.320. The second kappa shape index (κ2) is 8.33. The lowest BCUT2D eigenvalue weighted by Crippen LogP contribution is -2.38. The van der Waals surface area contributed by atoms with Crippen molar-refractivity contribution in [3.63, 3.8) is 0 Å². The standard InChI is InChI=1S/C25H26N2O5/c1-16-18(15-23-25(29)24-21(28)4-3-5-22(24)32-23)19-14-17(30-2)6-7-20(19)27(16)9-8-26-10-12-31-13-11-26/h3-7,14-15,28H,8-13H2,1-2H3. The Morgan fingerprint density at radius 3 is 2.72 bits per heavy atom. The first-order chi connectivity index (χ1) is 15.6. The molecule has 0 spiro atoms. The van der Waals surface area contributed by atoms with Crippen molar-refractivity contribution < 1.29 is 24.1 Å². The van der Waals surface area contributed by atoms with Crippen molar-refractivity contribution in [2.75, 3.05) is 40.0 Å². The summed E-state index contributed by atoms with van der Waals surface area (Å²) in [7, 11) is 1.64. The molecule has 0 unspecified atom stereocenters. The van der Waals surface area contributed by atoms with Crippen LogP contribution in [0.1, 0.15) is 21.6 Å². The number of morpholine rings is 1. The van der Waals surface area contributed by atoms with Gasteiger partial charge in [0, 0.05) is 48.3 Å². The average Bonchev–Trinajstić information content (AvgIpc) is 3.27. The fourth-order valence-electron chi connectivity index (χ4n) is 4.50. The monoisotopic (exact) mass is 434 g/mol. The van der Waals surface area contributed by atoms with Crippen molar-refractivity contribution in [1.82, 2.24) is 9.47 Å². The Bertz CT molecular complexity index is 1220. The molecule has 1 aromatic heterocycles. The van der Waals surface area contributed by atoms with E-state index in [9.17, 15) is 9.90 Å². The van der Waals surface area contributed by atoms with Crippen molar-refractivity contribution in [2.45, 2.75) is 13.5 Å². The predicted octanol–water partition coefficient (Wildman–Crippen LogP) is 3.61. The van der Waals surface area contributed by atoms with E-state index in [1.54, 1.807) is 25.3 Å². The molecule has 1 fully saturated rings. The van der Waals surface area contributed by atoms with Gasteiger partial charge in [-0.05, 0) is 43.3 Å². The van der Waals surface area contributed by atoms with Crippen molar-refractivity contribution in [3.05, 3.63) is 59.0 Å². The van der Waals surface area contributed by atoms with Crippen LogP contribution in [-0.2, 0) is 11.3 Å². The Morgan fingerprint density at radius 1 is 1.16 bits per heavy atom. The highest BCUT2D eigenvalue weighted by Crippen LogP contribution is 2.39. The van der Waals surface area contributed by atoms with Gasteiger partial charge in [0.15, 0.2) is 5.76 Å². The van der Waals surface area contributed by atoms with Crippen LogP contribution < -0.4 is 9.47 Å². The minimum atomic E-state index is -0.311. The highest BCUT2D eigenvalue weighted by atomic mass is 16.5. The summed E-state index contributed by atoms with van der Waals surface area (Å²) >= 11 is 0. The van der Waals surface area contributed by atoms with Crippen LogP contribution in [0.4, 0.5) is 0 Å². The molecular weight excluding hydrogens is 408 g/mol. The minimum absolute atomic E-state index is 0.0674. The van der Waals surface area contributed by atoms with E-state index in [2.05, 4.69) is 22.5 Å². The second-order valence-corrected chi connectivity index (χ2v) is 8.08. The van der Waals surface area contributed by atoms with Gasteiger partial charge >= 0.3 is 0 Å². The largest absolute Gasteiger partial charge is 0.507 e. The third-order valence-corrected chi connectivity index (χ3v) is 6.27. The Kier molecular flexibility index (Phi) is 5.36. The van der Waals surface area contributed by atoms with Crippen LogP contribution in [-0.4, -0.2) is 60.3 Å². The maximum Gasteiger partial charge on any atom is 0.235 e. The van der Waals surface area contributed by atoms with Crippen LogP contribution >= 0.6 is 0 Å². The molecule has 0 saturated carbocycles. The summed E-state index contributed by atoms with van der Waals surface area (Å²) in [5, 5.41) is 11.1. The third-order valence-electron chi connectivity index (χ3n) is 6.27. The normalized spacial score (nSPS) is 17.7. The highest BCUT2D eigenvalue weighted by Gasteiger charge is 2.31. The number of hydrogen-bond acceptors (Lipinski definition) is 6. The summed E-state index contributed by atoms with van der Waals surface area (Å²) in [5.74, 6) is 0.964. The van der Waals surface area contributed by atoms with E-state index in [1.165, 1.54) is 6.07 Å². The van der Waals surface area contributed by atoms with Crippen LogP contribution in [0, 0.1) is 6.92 Å². The summed E-state index contributed by atoms with van der Waals surface area (Å²) in [6.45, 7) is 7.22. The Balaban J connectivity index is 1.55. The number of carbonyl (C=O) groups excluding carboxylic acids is 1. The number of ketones is 1. The van der Waals surface area contributed by atoms with Gasteiger partial charge in [-0.3, -0.25) is 9.69 Å². The summed E-state index contributed by atoms with van der Waals surface area (Å²) in [6.07, 6.45) is 1.78. The Hall–Kier alpha value is -3.29. The van der Waals surface area contributed by atoms with Crippen LogP contribution in [0.3, 0.4) is 0 Å². The summed E-state index contributed by atoms with van der Waals surface area (Å²) < 4.78 is 19.0. The number of benzene rings is 2. The molecule has 2 aliphatic rings. The van der Waals surface area contributed by atoms with E-state index in [4.69, 9.17) is 14.2 Å². The zero-order chi connectivity index (χ0) is 22.2. The Labute approximate surface area is 186 Å². The highest BCUT2D eigenvalue weighted by molar-refractivity contribution is 6.16. The summed E-state index contributed by atoms with van der Waals surface area (Å²) in [5.41, 5.74) is 3.25. The molecule has 0 bridgehead atoms. The molecule has 2 aromatic carbocycles. The number of aromatic hydroxyl groups is 1. The molecular formula is C25H26N2O5. The van der Waals surface area contributed by atoms with Gasteiger partial charge in [0.25, 0.3) is 0 Å². The van der Waals surface area contributed by atoms with Crippen LogP contribution in [0.5, 0.6) is 17.2 Å². The lowest BCUT2D eigenvalue weighted by molar-refractivity contribution is 0.0365. The molecule has 3 heterocycles. The van der Waals surface area contributed by atoms with E-state index in [0.29, 0.717) is 5.75 Å². The molecule has 7 nitrogen and oxygen atoms in total. The van der Waals surface area contributed by atoms with Gasteiger partial charge < -0.3 is 23.9 Å². The van der Waals surface area contributed by atoms with E-state index < -0.39 is 0 Å². The first kappa shape index (κ1) is 20.6. The first-order valence-electron chi connectivity index (χ1n) is 10.8. The van der Waals surface area contributed by atoms with E-state index in [1.807, 2.05) is 12.1 Å². The first-order valence-corrected chi connectivity index (χ1v) is 10.8. The molecule has 32 heavy (non-hydrogen) atoms. The summed E-state index contributed by atoms with van der Waals surface area (Å²) in [4.78, 5) is 15.3. The lowest BCUT2D eigenvalue weighted by atomic mass is 10.1. The average molecular weight is 434 g/mol. The van der Waals surface area contributed by atoms with Crippen LogP contribution in [0.15, 0.2) is 42.2 Å². The smallest absolute Gasteiger partial charge is 0.235 e. The van der Waals surface area contributed by atoms with Gasteiger partial charge in [0.2, 0.25) is 5.78 Å². The van der Waals surface area contributed by atoms with Crippen molar-refractivity contribution in [1.29, 1.82) is 0 Å². The van der Waals surface area contributed by atoms with Gasteiger partial charge in [-0.1, -0.05) is 6.07 Å². The van der Waals surface area contributed by atoms with Crippen molar-refractivity contribution >= 4 is 22.8 Å². The SMILES string of the molecule is COc1ccc2c(c1)c(C=C1Oc3cccc(O)c3C1=O)c(C)n2CCN1CCOCC1. The van der Waals surface area contributed by atoms with Crippen molar-refractivity contribution in [3.8, 4) is 17.2 Å². The van der Waals surface area contributed by atoms with E-state index >= 15 is 0 Å². The maximum atomic E-state index is 12.9. The fourth-order valence-corrected chi connectivity index (χ4v) is 4.50. The number of rotatable bonds is 5. The number of carbonyl (C=O) groups is 1. The predicted molar refractivity (Wildman–Crippen MR) is 122 cm³/mol. The number of phenols is 1. The number of nitrogens with zero attached hydrogens (tertiary/aromatic N) is 2. The maximum absolute atomic E-state index is 12.9. The molecule has 2 aliphatic heterocycles. The number of hydrogen-bond donors (Lipinski definition) is 1. The number of ether oxygens (including phenoxy) is 3. The zero-order valence-electron chi connectivity index (χ0n) is 18.3. The molecule has 7 heteroatoms. The number of allylic oxidation sites excluding steroid dienone is 1. The molecule has 0 aliphatic carbocycles. The van der Waals surface area contributed by atoms with E-state index in [-0.39, 0.29) is 22.9 Å². The van der Waals surface area contributed by atoms with Gasteiger partial charge in [-0.15, -0.1) is 0 Å². The van der Waals surface area contributed by atoms with Crippen LogP contribution in [0.25, 0.3) is 17.0 Å². The summed E-state index contributed by atoms with van der Waals surface area (Å²) in [6, 6.07) is 10.9.